The summed E-state index contributed by atoms with van der Waals surface area (Å²) in [6, 6.07) is 18.2. The molecule has 13 nitrogen and oxygen atoms in total. The van der Waals surface area contributed by atoms with Gasteiger partial charge in [0.1, 0.15) is 22.8 Å². The van der Waals surface area contributed by atoms with E-state index in [1.165, 1.54) is 26.4 Å². The summed E-state index contributed by atoms with van der Waals surface area (Å²) in [6.07, 6.45) is -0.0319. The topological polar surface area (TPSA) is 140 Å². The molecule has 50 heavy (non-hydrogen) atoms. The van der Waals surface area contributed by atoms with E-state index in [1.807, 2.05) is 12.1 Å². The molecule has 1 heterocycles. The second kappa shape index (κ2) is 18.3. The van der Waals surface area contributed by atoms with Crippen molar-refractivity contribution >= 4 is 17.8 Å². The van der Waals surface area contributed by atoms with E-state index in [0.29, 0.717) is 53.3 Å². The second-order valence-electron chi connectivity index (χ2n) is 12.5. The maximum Gasteiger partial charge on any atom is 0.528 e. The summed E-state index contributed by atoms with van der Waals surface area (Å²) in [6.45, 7) is 6.16. The van der Waals surface area contributed by atoms with Crippen molar-refractivity contribution in [1.29, 1.82) is 0 Å². The molecule has 270 valence electrons. The number of nitrogens with zero attached hydrogens (tertiary/aromatic N) is 1. The van der Waals surface area contributed by atoms with Crippen LogP contribution in [0.2, 0.25) is 0 Å². The standard InChI is InChI=1S/C37H46N2O11/c1-37(2,3)49-36(42)50-39-19-7-8-33(31(21-39)38-35(41)27-13-15-28(16-14-27)47-23-43-4)46-22-25-9-11-26(12-10-25)34(40)30-20-29(45-6)17-18-32(30)48-24-44-5/h9-18,20,31,33H,7-8,19,21-24H2,1-6H3,(H,38,41)/t31-,33-/m1/s1. The summed E-state index contributed by atoms with van der Waals surface area (Å²) >= 11 is 0. The second-order valence-corrected chi connectivity index (χ2v) is 12.5. The molecule has 4 rings (SSSR count). The minimum Gasteiger partial charge on any atom is -0.497 e. The number of amides is 1. The molecule has 13 heteroatoms. The number of carbonyl (C=O) groups is 3. The van der Waals surface area contributed by atoms with Crippen molar-refractivity contribution in [2.75, 3.05) is 48.0 Å². The van der Waals surface area contributed by atoms with Crippen LogP contribution < -0.4 is 19.5 Å². The number of hydrogen-bond donors (Lipinski definition) is 1. The maximum atomic E-state index is 13.5. The summed E-state index contributed by atoms with van der Waals surface area (Å²) in [7, 11) is 4.56. The van der Waals surface area contributed by atoms with E-state index in [4.69, 9.17) is 38.0 Å². The maximum absolute atomic E-state index is 13.5. The molecule has 0 spiro atoms. The lowest BCUT2D eigenvalue weighted by Gasteiger charge is -2.29. The summed E-state index contributed by atoms with van der Waals surface area (Å²) in [5.41, 5.74) is 1.32. The number of rotatable bonds is 15. The summed E-state index contributed by atoms with van der Waals surface area (Å²) in [4.78, 5) is 44.9. The Morgan fingerprint density at radius 2 is 1.50 bits per heavy atom. The zero-order chi connectivity index (χ0) is 36.1. The third kappa shape index (κ3) is 11.4. The summed E-state index contributed by atoms with van der Waals surface area (Å²) < 4.78 is 38.0. The number of carbonyl (C=O) groups excluding carboxylic acids is 3. The monoisotopic (exact) mass is 694 g/mol. The Morgan fingerprint density at radius 3 is 2.16 bits per heavy atom. The molecule has 3 aromatic rings. The molecule has 0 aromatic heterocycles. The molecule has 1 N–H and O–H groups in total. The fraction of sp³-hybridized carbons (Fsp3) is 0.432. The highest BCUT2D eigenvalue weighted by atomic mass is 16.8. The predicted octanol–water partition coefficient (Wildman–Crippen LogP) is 5.54. The molecule has 0 radical (unpaired) electrons. The molecule has 2 atom stereocenters. The predicted molar refractivity (Wildman–Crippen MR) is 182 cm³/mol. The fourth-order valence-electron chi connectivity index (χ4n) is 5.15. The van der Waals surface area contributed by atoms with Gasteiger partial charge in [0, 0.05) is 31.9 Å². The van der Waals surface area contributed by atoms with Gasteiger partial charge in [0.2, 0.25) is 0 Å². The Hall–Kier alpha value is -4.69. The normalized spacial score (nSPS) is 16.5. The number of ether oxygens (including phenoxy) is 7. The molecule has 1 aliphatic heterocycles. The van der Waals surface area contributed by atoms with Gasteiger partial charge in [0.05, 0.1) is 38.0 Å². The summed E-state index contributed by atoms with van der Waals surface area (Å²) in [5.74, 6) is 0.905. The molecule has 1 amide bonds. The molecule has 0 saturated carbocycles. The van der Waals surface area contributed by atoms with Gasteiger partial charge in [-0.3, -0.25) is 9.59 Å². The van der Waals surface area contributed by atoms with Gasteiger partial charge < -0.3 is 43.3 Å². The van der Waals surface area contributed by atoms with Gasteiger partial charge in [0.25, 0.3) is 5.91 Å². The van der Waals surface area contributed by atoms with E-state index in [0.717, 1.165) is 5.56 Å². The first-order valence-electron chi connectivity index (χ1n) is 16.2. The Kier molecular flexibility index (Phi) is 14.0. The van der Waals surface area contributed by atoms with Crippen LogP contribution in [0.5, 0.6) is 17.2 Å². The van der Waals surface area contributed by atoms with E-state index < -0.39 is 23.9 Å². The van der Waals surface area contributed by atoms with Gasteiger partial charge in [-0.05, 0) is 81.6 Å². The van der Waals surface area contributed by atoms with Crippen LogP contribution in [-0.4, -0.2) is 88.7 Å². The minimum atomic E-state index is -0.824. The van der Waals surface area contributed by atoms with Crippen molar-refractivity contribution in [1.82, 2.24) is 10.4 Å². The largest absolute Gasteiger partial charge is 0.528 e. The average molecular weight is 695 g/mol. The lowest BCUT2D eigenvalue weighted by Crippen LogP contribution is -2.50. The smallest absolute Gasteiger partial charge is 0.497 e. The lowest BCUT2D eigenvalue weighted by atomic mass is 10.0. The highest BCUT2D eigenvalue weighted by Gasteiger charge is 2.32. The number of nitrogens with one attached hydrogen (secondary N) is 1. The third-order valence-corrected chi connectivity index (χ3v) is 7.56. The van der Waals surface area contributed by atoms with Gasteiger partial charge in [0.15, 0.2) is 19.4 Å². The Bertz CT molecular complexity index is 1560. The molecular formula is C37H46N2O11. The van der Waals surface area contributed by atoms with Crippen LogP contribution in [-0.2, 0) is 30.4 Å². The van der Waals surface area contributed by atoms with Gasteiger partial charge in [-0.2, -0.15) is 0 Å². The minimum absolute atomic E-state index is 0.00743. The van der Waals surface area contributed by atoms with Crippen LogP contribution in [0.1, 0.15) is 65.5 Å². The van der Waals surface area contributed by atoms with E-state index in [2.05, 4.69) is 5.32 Å². The van der Waals surface area contributed by atoms with Crippen LogP contribution >= 0.6 is 0 Å². The molecular weight excluding hydrogens is 648 g/mol. The zero-order valence-electron chi connectivity index (χ0n) is 29.4. The first-order chi connectivity index (χ1) is 24.0. The first-order valence-corrected chi connectivity index (χ1v) is 16.2. The molecule has 0 bridgehead atoms. The fourth-order valence-corrected chi connectivity index (χ4v) is 5.15. The van der Waals surface area contributed by atoms with Crippen molar-refractivity contribution in [3.8, 4) is 17.2 Å². The number of ketones is 1. The Morgan fingerprint density at radius 1 is 0.840 bits per heavy atom. The number of hydroxylamine groups is 2. The van der Waals surface area contributed by atoms with E-state index in [1.54, 1.807) is 75.4 Å². The van der Waals surface area contributed by atoms with Crippen LogP contribution in [0, 0.1) is 0 Å². The Balaban J connectivity index is 1.47. The van der Waals surface area contributed by atoms with Gasteiger partial charge in [-0.25, -0.2) is 4.79 Å². The van der Waals surface area contributed by atoms with Crippen molar-refractivity contribution in [3.05, 3.63) is 89.0 Å². The molecule has 0 unspecified atom stereocenters. The van der Waals surface area contributed by atoms with Crippen molar-refractivity contribution in [2.45, 2.75) is 58.0 Å². The van der Waals surface area contributed by atoms with Gasteiger partial charge in [-0.15, -0.1) is 5.06 Å². The lowest BCUT2D eigenvalue weighted by molar-refractivity contribution is -0.145. The molecule has 3 aromatic carbocycles. The van der Waals surface area contributed by atoms with Crippen LogP contribution in [0.4, 0.5) is 4.79 Å². The quantitative estimate of drug-likeness (QED) is 0.121. The SMILES string of the molecule is COCOc1ccc(C(=O)N[C@@H]2CN(OC(=O)OC(C)(C)C)CCC[C@H]2OCc2ccc(C(=O)c3cc(OC)ccc3OCOC)cc2)cc1. The van der Waals surface area contributed by atoms with Crippen LogP contribution in [0.3, 0.4) is 0 Å². The van der Waals surface area contributed by atoms with E-state index >= 15 is 0 Å². The van der Waals surface area contributed by atoms with Gasteiger partial charge >= 0.3 is 6.16 Å². The van der Waals surface area contributed by atoms with E-state index in [-0.39, 0.29) is 38.4 Å². The van der Waals surface area contributed by atoms with Crippen molar-refractivity contribution < 1.29 is 52.4 Å². The number of hydrogen-bond acceptors (Lipinski definition) is 12. The molecule has 0 aliphatic carbocycles. The van der Waals surface area contributed by atoms with Crippen molar-refractivity contribution in [3.63, 3.8) is 0 Å². The number of methoxy groups -OCH3 is 3. The van der Waals surface area contributed by atoms with Gasteiger partial charge in [-0.1, -0.05) is 24.3 Å². The zero-order valence-corrected chi connectivity index (χ0v) is 29.4. The number of benzene rings is 3. The summed E-state index contributed by atoms with van der Waals surface area (Å²) in [5, 5.41) is 4.56. The molecule has 1 saturated heterocycles. The molecule has 1 aliphatic rings. The average Bonchev–Trinajstić information content (AvgIpc) is 3.28. The highest BCUT2D eigenvalue weighted by Crippen LogP contribution is 2.27. The van der Waals surface area contributed by atoms with Crippen LogP contribution in [0.25, 0.3) is 0 Å². The van der Waals surface area contributed by atoms with Crippen LogP contribution in [0.15, 0.2) is 66.7 Å². The van der Waals surface area contributed by atoms with Crippen molar-refractivity contribution in [2.24, 2.45) is 0 Å². The van der Waals surface area contributed by atoms with E-state index in [9.17, 15) is 14.4 Å². The Labute approximate surface area is 292 Å². The first kappa shape index (κ1) is 38.1. The highest BCUT2D eigenvalue weighted by molar-refractivity contribution is 6.11. The molecule has 1 fully saturated rings. The third-order valence-electron chi connectivity index (χ3n) is 7.56.